The van der Waals surface area contributed by atoms with Gasteiger partial charge in [-0.1, -0.05) is 36.8 Å². The van der Waals surface area contributed by atoms with Gasteiger partial charge in [0, 0.05) is 10.9 Å². The molecule has 1 heterocycles. The second-order valence-corrected chi connectivity index (χ2v) is 8.93. The van der Waals surface area contributed by atoms with E-state index < -0.39 is 5.97 Å². The van der Waals surface area contributed by atoms with Crippen LogP contribution in [0.2, 0.25) is 0 Å². The number of aromatic amines is 1. The number of carboxylic acid groups (broad SMARTS) is 1. The molecule has 0 amide bonds. The number of aromatic nitrogens is 1. The predicted molar refractivity (Wildman–Crippen MR) is 133 cm³/mol. The van der Waals surface area contributed by atoms with Gasteiger partial charge in [0.1, 0.15) is 18.1 Å². The molecule has 5 heteroatoms. The van der Waals surface area contributed by atoms with Crippen LogP contribution in [0, 0.1) is 0 Å². The number of ether oxygens (including phenoxy) is 2. The fraction of sp³-hybridized carbons (Fsp3) is 0.276. The molecule has 0 unspecified atom stereocenters. The minimum absolute atomic E-state index is 0.0610. The Hall–Kier alpha value is -3.73. The fourth-order valence-electron chi connectivity index (χ4n) is 4.72. The largest absolute Gasteiger partial charge is 0.490 e. The molecule has 1 aliphatic rings. The van der Waals surface area contributed by atoms with E-state index >= 15 is 0 Å². The van der Waals surface area contributed by atoms with Crippen molar-refractivity contribution in [2.45, 2.75) is 51.2 Å². The number of carbonyl (C=O) groups is 1. The van der Waals surface area contributed by atoms with Crippen LogP contribution in [0.4, 0.5) is 0 Å². The Kier molecular flexibility index (Phi) is 6.52. The van der Waals surface area contributed by atoms with Gasteiger partial charge in [-0.2, -0.15) is 0 Å². The quantitative estimate of drug-likeness (QED) is 0.308. The molecule has 34 heavy (non-hydrogen) atoms. The molecule has 2 N–H and O–H groups in total. The number of hydrogen-bond donors (Lipinski definition) is 2. The molecule has 1 fully saturated rings. The average molecular weight is 456 g/mol. The third-order valence-corrected chi connectivity index (χ3v) is 6.45. The number of nitrogens with one attached hydrogen (secondary N) is 1. The van der Waals surface area contributed by atoms with Gasteiger partial charge in [0.25, 0.3) is 0 Å². The zero-order valence-corrected chi connectivity index (χ0v) is 19.1. The first-order valence-corrected chi connectivity index (χ1v) is 12.0. The van der Waals surface area contributed by atoms with Crippen LogP contribution in [-0.4, -0.2) is 22.2 Å². The van der Waals surface area contributed by atoms with Crippen LogP contribution < -0.4 is 9.47 Å². The van der Waals surface area contributed by atoms with Crippen LogP contribution in [0.5, 0.6) is 11.5 Å². The summed E-state index contributed by atoms with van der Waals surface area (Å²) in [5.74, 6) is 0.719. The normalized spacial score (nSPS) is 14.2. The summed E-state index contributed by atoms with van der Waals surface area (Å²) in [4.78, 5) is 15.1. The maximum Gasteiger partial charge on any atom is 0.307 e. The van der Waals surface area contributed by atoms with Crippen molar-refractivity contribution in [3.8, 4) is 22.8 Å². The molecule has 5 rings (SSSR count). The summed E-state index contributed by atoms with van der Waals surface area (Å²) in [5, 5.41) is 10.5. The number of H-pyrrole nitrogens is 1. The lowest BCUT2D eigenvalue weighted by molar-refractivity contribution is -0.136. The standard InChI is InChI=1S/C29H29NO4/c31-28(32)18-26-25-17-24(34-23-9-5-2-6-10-23)15-16-27(25)30-29(26)21-11-13-22(14-12-21)33-19-20-7-3-1-4-8-20/h1,3-4,7-8,11-17,23,30H,2,5-6,9-10,18-19H2,(H,31,32). The Morgan fingerprint density at radius 1 is 0.912 bits per heavy atom. The van der Waals surface area contributed by atoms with E-state index in [9.17, 15) is 9.90 Å². The first kappa shape index (κ1) is 22.1. The number of rotatable bonds is 8. The van der Waals surface area contributed by atoms with E-state index in [1.54, 1.807) is 0 Å². The van der Waals surface area contributed by atoms with Crippen LogP contribution in [0.1, 0.15) is 43.2 Å². The van der Waals surface area contributed by atoms with Crippen LogP contribution in [0.3, 0.4) is 0 Å². The van der Waals surface area contributed by atoms with Crippen molar-refractivity contribution < 1.29 is 19.4 Å². The number of hydrogen-bond acceptors (Lipinski definition) is 3. The fourth-order valence-corrected chi connectivity index (χ4v) is 4.72. The molecule has 0 spiro atoms. The Morgan fingerprint density at radius 2 is 1.65 bits per heavy atom. The zero-order valence-electron chi connectivity index (χ0n) is 19.1. The summed E-state index contributed by atoms with van der Waals surface area (Å²) in [6, 6.07) is 23.8. The molecule has 5 nitrogen and oxygen atoms in total. The molecule has 3 aromatic carbocycles. The summed E-state index contributed by atoms with van der Waals surface area (Å²) in [6.07, 6.45) is 6.03. The van der Waals surface area contributed by atoms with E-state index in [2.05, 4.69) is 4.98 Å². The molecule has 174 valence electrons. The Morgan fingerprint density at radius 3 is 2.38 bits per heavy atom. The second-order valence-electron chi connectivity index (χ2n) is 8.93. The highest BCUT2D eigenvalue weighted by Gasteiger charge is 2.19. The van der Waals surface area contributed by atoms with E-state index in [-0.39, 0.29) is 12.5 Å². The zero-order chi connectivity index (χ0) is 23.3. The Labute approximate surface area is 199 Å². The first-order valence-electron chi connectivity index (χ1n) is 12.0. The third-order valence-electron chi connectivity index (χ3n) is 6.45. The van der Waals surface area contributed by atoms with Gasteiger partial charge < -0.3 is 19.6 Å². The predicted octanol–water partition coefficient (Wildman–Crippen LogP) is 6.75. The molecule has 0 saturated heterocycles. The van der Waals surface area contributed by atoms with E-state index in [0.717, 1.165) is 57.6 Å². The van der Waals surface area contributed by atoms with Gasteiger partial charge in [-0.05, 0) is 84.8 Å². The lowest BCUT2D eigenvalue weighted by atomic mass is 9.98. The maximum atomic E-state index is 11.7. The molecule has 0 radical (unpaired) electrons. The number of benzene rings is 3. The van der Waals surface area contributed by atoms with Crippen molar-refractivity contribution in [3.05, 3.63) is 83.9 Å². The molecule has 0 aliphatic heterocycles. The molecule has 0 atom stereocenters. The van der Waals surface area contributed by atoms with Crippen molar-refractivity contribution >= 4 is 16.9 Å². The highest BCUT2D eigenvalue weighted by Crippen LogP contribution is 2.35. The molecule has 0 bridgehead atoms. The topological polar surface area (TPSA) is 71.5 Å². The molecule has 1 saturated carbocycles. The number of aliphatic carboxylic acids is 1. The van der Waals surface area contributed by atoms with Gasteiger partial charge >= 0.3 is 5.97 Å². The lowest BCUT2D eigenvalue weighted by Gasteiger charge is -2.23. The highest BCUT2D eigenvalue weighted by molar-refractivity contribution is 5.94. The summed E-state index contributed by atoms with van der Waals surface area (Å²) < 4.78 is 12.1. The summed E-state index contributed by atoms with van der Waals surface area (Å²) in [6.45, 7) is 0.501. The molecular weight excluding hydrogens is 426 g/mol. The van der Waals surface area contributed by atoms with Gasteiger partial charge in [0.2, 0.25) is 0 Å². The highest BCUT2D eigenvalue weighted by atomic mass is 16.5. The molecule has 1 aliphatic carbocycles. The van der Waals surface area contributed by atoms with E-state index in [0.29, 0.717) is 6.61 Å². The van der Waals surface area contributed by atoms with E-state index in [1.807, 2.05) is 72.8 Å². The first-order chi connectivity index (χ1) is 16.7. The summed E-state index contributed by atoms with van der Waals surface area (Å²) >= 11 is 0. The van der Waals surface area contributed by atoms with Crippen molar-refractivity contribution in [2.24, 2.45) is 0 Å². The van der Waals surface area contributed by atoms with Crippen molar-refractivity contribution in [1.82, 2.24) is 4.98 Å². The lowest BCUT2D eigenvalue weighted by Crippen LogP contribution is -2.19. The minimum Gasteiger partial charge on any atom is -0.490 e. The van der Waals surface area contributed by atoms with Gasteiger partial charge in [-0.15, -0.1) is 0 Å². The number of fused-ring (bicyclic) bond motifs is 1. The smallest absolute Gasteiger partial charge is 0.307 e. The van der Waals surface area contributed by atoms with Crippen molar-refractivity contribution in [1.29, 1.82) is 0 Å². The van der Waals surface area contributed by atoms with Crippen molar-refractivity contribution in [3.63, 3.8) is 0 Å². The van der Waals surface area contributed by atoms with Gasteiger partial charge in [-0.3, -0.25) is 4.79 Å². The summed E-state index contributed by atoms with van der Waals surface area (Å²) in [5.41, 5.74) is 4.54. The molecular formula is C29H29NO4. The van der Waals surface area contributed by atoms with E-state index in [1.165, 1.54) is 19.3 Å². The number of carboxylic acids is 1. The third kappa shape index (κ3) is 5.09. The monoisotopic (exact) mass is 455 g/mol. The van der Waals surface area contributed by atoms with Gasteiger partial charge in [0.05, 0.1) is 18.2 Å². The summed E-state index contributed by atoms with van der Waals surface area (Å²) in [7, 11) is 0. The van der Waals surface area contributed by atoms with Crippen LogP contribution >= 0.6 is 0 Å². The van der Waals surface area contributed by atoms with Crippen molar-refractivity contribution in [2.75, 3.05) is 0 Å². The average Bonchev–Trinajstić information content (AvgIpc) is 3.21. The Bertz CT molecular complexity index is 1250. The van der Waals surface area contributed by atoms with Crippen LogP contribution in [0.15, 0.2) is 72.8 Å². The van der Waals surface area contributed by atoms with E-state index in [4.69, 9.17) is 9.47 Å². The van der Waals surface area contributed by atoms with Gasteiger partial charge in [0.15, 0.2) is 0 Å². The van der Waals surface area contributed by atoms with Gasteiger partial charge in [-0.25, -0.2) is 0 Å². The molecule has 1 aromatic heterocycles. The second kappa shape index (κ2) is 10.0. The van der Waals surface area contributed by atoms with Crippen LogP contribution in [0.25, 0.3) is 22.2 Å². The minimum atomic E-state index is -0.858. The Balaban J connectivity index is 1.40. The van der Waals surface area contributed by atoms with Crippen LogP contribution in [-0.2, 0) is 17.8 Å². The molecule has 4 aromatic rings. The maximum absolute atomic E-state index is 11.7. The SMILES string of the molecule is O=C(O)Cc1c(-c2ccc(OCc3ccccc3)cc2)[nH]c2ccc(OC3CCCCC3)cc12.